The number of anilines is 1. The molecular formula is C12H14BrN3S. The summed E-state index contributed by atoms with van der Waals surface area (Å²) in [5.74, 6) is 0.913. The van der Waals surface area contributed by atoms with Crippen LogP contribution >= 0.6 is 27.7 Å². The summed E-state index contributed by atoms with van der Waals surface area (Å²) in [6.45, 7) is 3.08. The third-order valence-electron chi connectivity index (χ3n) is 2.47. The fraction of sp³-hybridized carbons (Fsp3) is 0.250. The topological polar surface area (TPSA) is 43.8 Å². The van der Waals surface area contributed by atoms with Crippen LogP contribution in [0.1, 0.15) is 12.6 Å². The van der Waals surface area contributed by atoms with Crippen LogP contribution in [0.3, 0.4) is 0 Å². The van der Waals surface area contributed by atoms with E-state index in [2.05, 4.69) is 32.4 Å². The maximum absolute atomic E-state index is 5.71. The van der Waals surface area contributed by atoms with Crippen molar-refractivity contribution in [3.05, 3.63) is 40.9 Å². The Labute approximate surface area is 114 Å². The van der Waals surface area contributed by atoms with Gasteiger partial charge in [0.2, 0.25) is 0 Å². The predicted octanol–water partition coefficient (Wildman–Crippen LogP) is 3.54. The first-order valence-corrected chi connectivity index (χ1v) is 7.15. The van der Waals surface area contributed by atoms with E-state index in [-0.39, 0.29) is 0 Å². The minimum absolute atomic E-state index is 0.778. The lowest BCUT2D eigenvalue weighted by molar-refractivity contribution is 0.734. The molecule has 0 spiro atoms. The first-order chi connectivity index (χ1) is 8.20. The zero-order chi connectivity index (χ0) is 12.3. The minimum Gasteiger partial charge on any atom is -0.399 e. The number of nitrogens with zero attached hydrogens (tertiary/aromatic N) is 2. The molecule has 0 unspecified atom stereocenters. The summed E-state index contributed by atoms with van der Waals surface area (Å²) in [7, 11) is 0. The van der Waals surface area contributed by atoms with Gasteiger partial charge in [-0.05, 0) is 41.1 Å². The molecule has 0 saturated carbocycles. The smallest absolute Gasteiger partial charge is 0.0948 e. The predicted molar refractivity (Wildman–Crippen MR) is 76.0 cm³/mol. The molecule has 90 valence electrons. The zero-order valence-corrected chi connectivity index (χ0v) is 12.0. The fourth-order valence-corrected chi connectivity index (χ4v) is 3.18. The third kappa shape index (κ3) is 3.04. The molecular weight excluding hydrogens is 298 g/mol. The quantitative estimate of drug-likeness (QED) is 0.694. The molecule has 1 aromatic carbocycles. The van der Waals surface area contributed by atoms with E-state index in [1.807, 2.05) is 30.7 Å². The molecule has 0 aliphatic carbocycles. The largest absolute Gasteiger partial charge is 0.399 e. The summed E-state index contributed by atoms with van der Waals surface area (Å²) >= 11 is 5.30. The number of halogens is 1. The summed E-state index contributed by atoms with van der Waals surface area (Å²) in [4.78, 5) is 5.36. The lowest BCUT2D eigenvalue weighted by Crippen LogP contribution is -1.97. The van der Waals surface area contributed by atoms with Gasteiger partial charge in [0, 0.05) is 39.2 Å². The second-order valence-corrected chi connectivity index (χ2v) is 5.52. The van der Waals surface area contributed by atoms with E-state index >= 15 is 0 Å². The average molecular weight is 312 g/mol. The molecule has 0 radical (unpaired) electrons. The monoisotopic (exact) mass is 311 g/mol. The van der Waals surface area contributed by atoms with Crippen molar-refractivity contribution in [2.45, 2.75) is 24.1 Å². The molecule has 17 heavy (non-hydrogen) atoms. The van der Waals surface area contributed by atoms with E-state index in [0.717, 1.165) is 22.5 Å². The number of nitrogens with two attached hydrogens (primary N) is 1. The molecule has 0 saturated heterocycles. The van der Waals surface area contributed by atoms with Crippen LogP contribution in [0.5, 0.6) is 0 Å². The third-order valence-corrected chi connectivity index (χ3v) is 4.50. The summed E-state index contributed by atoms with van der Waals surface area (Å²) < 4.78 is 3.20. The van der Waals surface area contributed by atoms with Crippen LogP contribution in [0, 0.1) is 0 Å². The SMILES string of the molecule is CCn1cncc1CSc1ccc(N)cc1Br. The molecule has 0 aliphatic rings. The second kappa shape index (κ2) is 5.60. The van der Waals surface area contributed by atoms with Crippen molar-refractivity contribution in [1.29, 1.82) is 0 Å². The van der Waals surface area contributed by atoms with Crippen LogP contribution in [0.4, 0.5) is 5.69 Å². The molecule has 0 aliphatic heterocycles. The Morgan fingerprint density at radius 3 is 3.00 bits per heavy atom. The number of imidazole rings is 1. The molecule has 5 heteroatoms. The number of nitrogen functional groups attached to an aromatic ring is 1. The molecule has 0 amide bonds. The molecule has 2 aromatic rings. The zero-order valence-electron chi connectivity index (χ0n) is 9.56. The Morgan fingerprint density at radius 1 is 1.47 bits per heavy atom. The Balaban J connectivity index is 2.07. The van der Waals surface area contributed by atoms with Gasteiger partial charge >= 0.3 is 0 Å². The van der Waals surface area contributed by atoms with Crippen molar-refractivity contribution in [3.63, 3.8) is 0 Å². The Hall–Kier alpha value is -0.940. The summed E-state index contributed by atoms with van der Waals surface area (Å²) in [5, 5.41) is 0. The highest BCUT2D eigenvalue weighted by atomic mass is 79.9. The molecule has 2 rings (SSSR count). The Bertz CT molecular complexity index is 510. The van der Waals surface area contributed by atoms with E-state index in [0.29, 0.717) is 0 Å². The first kappa shape index (κ1) is 12.5. The van der Waals surface area contributed by atoms with Gasteiger partial charge in [0.15, 0.2) is 0 Å². The Morgan fingerprint density at radius 2 is 2.29 bits per heavy atom. The fourth-order valence-electron chi connectivity index (χ4n) is 1.54. The van der Waals surface area contributed by atoms with Crippen molar-refractivity contribution in [2.75, 3.05) is 5.73 Å². The van der Waals surface area contributed by atoms with Crippen molar-refractivity contribution in [2.24, 2.45) is 0 Å². The summed E-state index contributed by atoms with van der Waals surface area (Å²) in [6.07, 6.45) is 3.79. The molecule has 0 atom stereocenters. The van der Waals surface area contributed by atoms with E-state index in [4.69, 9.17) is 5.73 Å². The van der Waals surface area contributed by atoms with E-state index in [9.17, 15) is 0 Å². The van der Waals surface area contributed by atoms with Crippen LogP contribution in [-0.4, -0.2) is 9.55 Å². The minimum atomic E-state index is 0.778. The molecule has 1 aromatic heterocycles. The second-order valence-electron chi connectivity index (χ2n) is 3.65. The maximum atomic E-state index is 5.71. The highest BCUT2D eigenvalue weighted by Gasteiger charge is 2.04. The van der Waals surface area contributed by atoms with Gasteiger partial charge < -0.3 is 10.3 Å². The van der Waals surface area contributed by atoms with Crippen molar-refractivity contribution in [3.8, 4) is 0 Å². The van der Waals surface area contributed by atoms with Crippen LogP contribution in [0.25, 0.3) is 0 Å². The number of rotatable bonds is 4. The van der Waals surface area contributed by atoms with Gasteiger partial charge in [-0.3, -0.25) is 0 Å². The van der Waals surface area contributed by atoms with Gasteiger partial charge in [-0.15, -0.1) is 11.8 Å². The van der Waals surface area contributed by atoms with Crippen LogP contribution in [-0.2, 0) is 12.3 Å². The van der Waals surface area contributed by atoms with Gasteiger partial charge in [-0.2, -0.15) is 0 Å². The lowest BCUT2D eigenvalue weighted by Gasteiger charge is -2.07. The molecule has 2 N–H and O–H groups in total. The highest BCUT2D eigenvalue weighted by Crippen LogP contribution is 2.31. The molecule has 3 nitrogen and oxygen atoms in total. The number of hydrogen-bond acceptors (Lipinski definition) is 3. The number of thioether (sulfide) groups is 1. The normalized spacial score (nSPS) is 10.7. The van der Waals surface area contributed by atoms with Crippen molar-refractivity contribution >= 4 is 33.4 Å². The van der Waals surface area contributed by atoms with E-state index < -0.39 is 0 Å². The Kier molecular flexibility index (Phi) is 4.12. The van der Waals surface area contributed by atoms with E-state index in [1.165, 1.54) is 10.6 Å². The van der Waals surface area contributed by atoms with Crippen molar-refractivity contribution in [1.82, 2.24) is 9.55 Å². The van der Waals surface area contributed by atoms with Gasteiger partial charge in [0.25, 0.3) is 0 Å². The van der Waals surface area contributed by atoms with Gasteiger partial charge in [-0.1, -0.05) is 0 Å². The number of hydrogen-bond donors (Lipinski definition) is 1. The van der Waals surface area contributed by atoms with Crippen LogP contribution < -0.4 is 5.73 Å². The standard InChI is InChI=1S/C12H14BrN3S/c1-2-16-8-15-6-10(16)7-17-12-4-3-9(14)5-11(12)13/h3-6,8H,2,7,14H2,1H3. The van der Waals surface area contributed by atoms with E-state index in [1.54, 1.807) is 11.8 Å². The van der Waals surface area contributed by atoms with Gasteiger partial charge in [0.05, 0.1) is 6.33 Å². The highest BCUT2D eigenvalue weighted by molar-refractivity contribution is 9.10. The number of aryl methyl sites for hydroxylation is 1. The van der Waals surface area contributed by atoms with Crippen LogP contribution in [0.2, 0.25) is 0 Å². The molecule has 0 fully saturated rings. The van der Waals surface area contributed by atoms with Crippen LogP contribution in [0.15, 0.2) is 40.1 Å². The summed E-state index contributed by atoms with van der Waals surface area (Å²) in [6, 6.07) is 5.89. The maximum Gasteiger partial charge on any atom is 0.0948 e. The first-order valence-electron chi connectivity index (χ1n) is 5.37. The summed E-state index contributed by atoms with van der Waals surface area (Å²) in [5.41, 5.74) is 7.73. The number of aromatic nitrogens is 2. The molecule has 1 heterocycles. The average Bonchev–Trinajstić information content (AvgIpc) is 2.75. The number of benzene rings is 1. The van der Waals surface area contributed by atoms with Crippen molar-refractivity contribution < 1.29 is 0 Å². The molecule has 0 bridgehead atoms. The lowest BCUT2D eigenvalue weighted by atomic mass is 10.3. The van der Waals surface area contributed by atoms with Gasteiger partial charge in [0.1, 0.15) is 0 Å². The van der Waals surface area contributed by atoms with Gasteiger partial charge in [-0.25, -0.2) is 4.98 Å².